The van der Waals surface area contributed by atoms with E-state index in [4.69, 9.17) is 4.74 Å². The van der Waals surface area contributed by atoms with Crippen molar-refractivity contribution < 1.29 is 14.6 Å². The van der Waals surface area contributed by atoms with Gasteiger partial charge in [-0.1, -0.05) is 36.4 Å². The quantitative estimate of drug-likeness (QED) is 0.117. The van der Waals surface area contributed by atoms with Crippen LogP contribution in [0.15, 0.2) is 115 Å². The van der Waals surface area contributed by atoms with E-state index in [1.165, 1.54) is 7.11 Å². The molecule has 1 aromatic carbocycles. The number of phenols is 1. The number of benzene rings is 1. The van der Waals surface area contributed by atoms with Gasteiger partial charge in [0, 0.05) is 81.6 Å². The number of methoxy groups -OCH3 is 1. The molecule has 0 aliphatic rings. The van der Waals surface area contributed by atoms with Crippen molar-refractivity contribution in [1.29, 1.82) is 0 Å². The number of ether oxygens (including phenoxy) is 1. The van der Waals surface area contributed by atoms with Crippen LogP contribution in [0.2, 0.25) is 0 Å². The van der Waals surface area contributed by atoms with Crippen LogP contribution >= 0.6 is 0 Å². The Balaban J connectivity index is 1.51. The van der Waals surface area contributed by atoms with Crippen LogP contribution in [0.25, 0.3) is 0 Å². The molecule has 10 heteroatoms. The molecule has 5 rings (SSSR count). The Kier molecular flexibility index (Phi) is 11.8. The lowest BCUT2D eigenvalue weighted by atomic mass is 9.98. The van der Waals surface area contributed by atoms with Crippen molar-refractivity contribution in [3.63, 3.8) is 0 Å². The van der Waals surface area contributed by atoms with Gasteiger partial charge in [-0.15, -0.1) is 0 Å². The van der Waals surface area contributed by atoms with Crippen LogP contribution in [0.3, 0.4) is 0 Å². The maximum atomic E-state index is 12.5. The molecule has 10 nitrogen and oxygen atoms in total. The van der Waals surface area contributed by atoms with Crippen molar-refractivity contribution in [3.05, 3.63) is 149 Å². The van der Waals surface area contributed by atoms with Gasteiger partial charge in [0.2, 0.25) is 0 Å². The Bertz CT molecular complexity index is 1520. The molecule has 47 heavy (non-hydrogen) atoms. The number of aromatic hydroxyl groups is 1. The number of hydrogen-bond acceptors (Lipinski definition) is 10. The lowest BCUT2D eigenvalue weighted by molar-refractivity contribution is -0.142. The molecule has 0 aliphatic heterocycles. The van der Waals surface area contributed by atoms with Crippen LogP contribution in [0.5, 0.6) is 5.75 Å². The highest BCUT2D eigenvalue weighted by atomic mass is 16.5. The summed E-state index contributed by atoms with van der Waals surface area (Å²) in [6, 6.07) is 26.4. The second-order valence-corrected chi connectivity index (χ2v) is 11.3. The summed E-state index contributed by atoms with van der Waals surface area (Å²) in [6.45, 7) is 6.61. The van der Waals surface area contributed by atoms with E-state index < -0.39 is 12.0 Å². The normalized spacial score (nSPS) is 11.8. The predicted octanol–water partition coefficient (Wildman–Crippen LogP) is 5.16. The molecule has 1 N–H and O–H groups in total. The standard InChI is InChI=1S/C37H39N7O3/c1-38-35(37(46)47-2)21-28-19-29(22-43(24-31-11-3-7-15-39-31)25-32-12-4-8-16-40-32)36(45)30(20-28)23-44(26-33-13-5-9-17-41-33)27-34-14-6-10-18-42-34/h3-20,35,45H,1,21-27H2,2H3/t35-/m0/s1. The third-order valence-electron chi connectivity index (χ3n) is 7.69. The molecule has 1 atom stereocenters. The fraction of sp³-hybridized carbons (Fsp3) is 0.243. The molecule has 0 bridgehead atoms. The average Bonchev–Trinajstić information content (AvgIpc) is 3.10. The van der Waals surface area contributed by atoms with E-state index in [-0.39, 0.29) is 12.2 Å². The maximum absolute atomic E-state index is 12.5. The predicted molar refractivity (Wildman–Crippen MR) is 180 cm³/mol. The molecule has 0 saturated carbocycles. The van der Waals surface area contributed by atoms with Crippen LogP contribution in [-0.4, -0.2) is 60.7 Å². The molecule has 0 aliphatic carbocycles. The van der Waals surface area contributed by atoms with Crippen LogP contribution in [0.1, 0.15) is 39.5 Å². The van der Waals surface area contributed by atoms with Gasteiger partial charge in [-0.2, -0.15) is 0 Å². The summed E-state index contributed by atoms with van der Waals surface area (Å²) in [5.41, 5.74) is 5.87. The lowest BCUT2D eigenvalue weighted by Gasteiger charge is -2.26. The summed E-state index contributed by atoms with van der Waals surface area (Å²) in [4.78, 5) is 39.1. The minimum absolute atomic E-state index is 0.189. The van der Waals surface area contributed by atoms with Crippen LogP contribution in [0.4, 0.5) is 0 Å². The van der Waals surface area contributed by atoms with Crippen molar-refractivity contribution in [3.8, 4) is 5.75 Å². The SMILES string of the molecule is C=N[C@@H](Cc1cc(CN(Cc2ccccn2)Cc2ccccn2)c(O)c(CN(Cc2ccccn2)Cc2ccccn2)c1)C(=O)OC. The van der Waals surface area contributed by atoms with Gasteiger partial charge in [0.15, 0.2) is 6.04 Å². The number of phenolic OH excluding ortho intramolecular Hbond substituents is 1. The Morgan fingerprint density at radius 2 is 1.09 bits per heavy atom. The Labute approximate surface area is 275 Å². The molecule has 0 amide bonds. The monoisotopic (exact) mass is 629 g/mol. The lowest BCUT2D eigenvalue weighted by Crippen LogP contribution is -2.26. The summed E-state index contributed by atoms with van der Waals surface area (Å²) < 4.78 is 4.99. The minimum atomic E-state index is -0.776. The van der Waals surface area contributed by atoms with E-state index in [2.05, 4.69) is 41.4 Å². The van der Waals surface area contributed by atoms with Crippen molar-refractivity contribution in [1.82, 2.24) is 29.7 Å². The highest BCUT2D eigenvalue weighted by molar-refractivity contribution is 5.77. The molecule has 0 fully saturated rings. The zero-order chi connectivity index (χ0) is 32.8. The first-order chi connectivity index (χ1) is 23.0. The molecule has 0 spiro atoms. The van der Waals surface area contributed by atoms with E-state index >= 15 is 0 Å². The van der Waals surface area contributed by atoms with Crippen molar-refractivity contribution >= 4 is 12.7 Å². The second-order valence-electron chi connectivity index (χ2n) is 11.3. The van der Waals surface area contributed by atoms with Gasteiger partial charge in [0.1, 0.15) is 5.75 Å². The molecule has 240 valence electrons. The van der Waals surface area contributed by atoms with Gasteiger partial charge in [-0.05, 0) is 60.8 Å². The zero-order valence-corrected chi connectivity index (χ0v) is 26.5. The van der Waals surface area contributed by atoms with Gasteiger partial charge in [-0.3, -0.25) is 34.7 Å². The topological polar surface area (TPSA) is 117 Å². The van der Waals surface area contributed by atoms with E-state index in [0.29, 0.717) is 50.4 Å². The molecule has 0 unspecified atom stereocenters. The van der Waals surface area contributed by atoms with Gasteiger partial charge < -0.3 is 9.84 Å². The highest BCUT2D eigenvalue weighted by Crippen LogP contribution is 2.30. The van der Waals surface area contributed by atoms with Gasteiger partial charge >= 0.3 is 5.97 Å². The third-order valence-corrected chi connectivity index (χ3v) is 7.69. The molecule has 0 saturated heterocycles. The number of nitrogens with zero attached hydrogens (tertiary/aromatic N) is 7. The third kappa shape index (κ3) is 9.83. The van der Waals surface area contributed by atoms with Crippen LogP contribution in [0, 0.1) is 0 Å². The molecule has 4 aromatic heterocycles. The number of pyridine rings is 4. The number of hydrogen-bond donors (Lipinski definition) is 1. The Morgan fingerprint density at radius 3 is 1.38 bits per heavy atom. The number of aromatic nitrogens is 4. The summed E-state index contributed by atoms with van der Waals surface area (Å²) >= 11 is 0. The fourth-order valence-corrected chi connectivity index (χ4v) is 5.47. The zero-order valence-electron chi connectivity index (χ0n) is 26.5. The molecular formula is C37H39N7O3. The average molecular weight is 630 g/mol. The summed E-state index contributed by atoms with van der Waals surface area (Å²) in [5.74, 6) is -0.274. The first-order valence-corrected chi connectivity index (χ1v) is 15.4. The Hall–Kier alpha value is -5.32. The van der Waals surface area contributed by atoms with Gasteiger partial charge in [0.05, 0.1) is 29.9 Å². The number of esters is 1. The van der Waals surface area contributed by atoms with E-state index in [1.54, 1.807) is 24.8 Å². The number of rotatable bonds is 16. The van der Waals surface area contributed by atoms with E-state index in [1.807, 2.05) is 84.9 Å². The molecule has 4 heterocycles. The Morgan fingerprint density at radius 1 is 0.702 bits per heavy atom. The summed E-state index contributed by atoms with van der Waals surface area (Å²) in [5, 5.41) is 11.9. The van der Waals surface area contributed by atoms with Crippen molar-refractivity contribution in [2.24, 2.45) is 4.99 Å². The van der Waals surface area contributed by atoms with E-state index in [9.17, 15) is 9.90 Å². The number of aliphatic imine (C=N–C) groups is 1. The second kappa shape index (κ2) is 16.8. The minimum Gasteiger partial charge on any atom is -0.507 e. The van der Waals surface area contributed by atoms with E-state index in [0.717, 1.165) is 28.3 Å². The van der Waals surface area contributed by atoms with Crippen LogP contribution < -0.4 is 0 Å². The largest absolute Gasteiger partial charge is 0.507 e. The first kappa shape index (κ1) is 33.1. The molecule has 5 aromatic rings. The fourth-order valence-electron chi connectivity index (χ4n) is 5.47. The highest BCUT2D eigenvalue weighted by Gasteiger charge is 2.22. The molecule has 0 radical (unpaired) electrons. The van der Waals surface area contributed by atoms with Crippen molar-refractivity contribution in [2.75, 3.05) is 7.11 Å². The number of carbonyl (C=O) groups excluding carboxylic acids is 1. The van der Waals surface area contributed by atoms with Gasteiger partial charge in [-0.25, -0.2) is 4.79 Å². The summed E-state index contributed by atoms with van der Waals surface area (Å²) in [7, 11) is 1.34. The first-order valence-electron chi connectivity index (χ1n) is 15.4. The van der Waals surface area contributed by atoms with Gasteiger partial charge in [0.25, 0.3) is 0 Å². The maximum Gasteiger partial charge on any atom is 0.330 e. The smallest absolute Gasteiger partial charge is 0.330 e. The molecular weight excluding hydrogens is 590 g/mol. The number of carbonyl (C=O) groups is 1. The summed E-state index contributed by atoms with van der Waals surface area (Å²) in [6.07, 6.45) is 7.38. The van der Waals surface area contributed by atoms with Crippen LogP contribution in [-0.2, 0) is 55.2 Å². The van der Waals surface area contributed by atoms with Crippen molar-refractivity contribution in [2.45, 2.75) is 51.7 Å².